The minimum absolute atomic E-state index is 0.0579. The molecule has 7 nitrogen and oxygen atoms in total. The molecule has 5 aliphatic rings. The molecule has 1 unspecified atom stereocenters. The molecule has 0 aromatic carbocycles. The first kappa shape index (κ1) is 22.6. The lowest BCUT2D eigenvalue weighted by Gasteiger charge is -2.43. The van der Waals surface area contributed by atoms with E-state index in [0.29, 0.717) is 0 Å². The molecule has 4 heterocycles. The lowest BCUT2D eigenvalue weighted by Crippen LogP contribution is -2.56. The molecule has 0 bridgehead atoms. The summed E-state index contributed by atoms with van der Waals surface area (Å²) in [5, 5.41) is 0. The number of amides is 1. The molecule has 1 aliphatic carbocycles. The van der Waals surface area contributed by atoms with Crippen molar-refractivity contribution in [2.75, 3.05) is 40.0 Å². The molecule has 4 aliphatic heterocycles. The summed E-state index contributed by atoms with van der Waals surface area (Å²) in [6.07, 6.45) is 7.34. The molecule has 1 amide bonds. The van der Waals surface area contributed by atoms with Gasteiger partial charge in [-0.05, 0) is 64.7 Å². The summed E-state index contributed by atoms with van der Waals surface area (Å²) in [6.45, 7) is 10.3. The highest BCUT2D eigenvalue weighted by atomic mass is 16.6. The van der Waals surface area contributed by atoms with Gasteiger partial charge in [-0.15, -0.1) is 0 Å². The van der Waals surface area contributed by atoms with E-state index in [1.807, 2.05) is 4.90 Å². The number of carbonyl (C=O) groups excluding carboxylic acids is 1. The van der Waals surface area contributed by atoms with Gasteiger partial charge in [-0.2, -0.15) is 0 Å². The van der Waals surface area contributed by atoms with Gasteiger partial charge in [-0.25, -0.2) is 4.79 Å². The molecular formula is C25H39NO6. The van der Waals surface area contributed by atoms with Gasteiger partial charge in [0.25, 0.3) is 0 Å². The van der Waals surface area contributed by atoms with Crippen molar-refractivity contribution in [3.8, 4) is 0 Å². The van der Waals surface area contributed by atoms with Gasteiger partial charge < -0.3 is 28.6 Å². The van der Waals surface area contributed by atoms with E-state index in [4.69, 9.17) is 23.7 Å². The number of rotatable bonds is 5. The maximum atomic E-state index is 13.1. The molecule has 1 saturated carbocycles. The van der Waals surface area contributed by atoms with Gasteiger partial charge in [-0.3, -0.25) is 0 Å². The molecule has 180 valence electrons. The first-order valence-corrected chi connectivity index (χ1v) is 12.3. The monoisotopic (exact) mass is 449 g/mol. The highest BCUT2D eigenvalue weighted by Gasteiger charge is 2.72. The van der Waals surface area contributed by atoms with Crippen LogP contribution in [0.4, 0.5) is 4.79 Å². The molecule has 4 saturated heterocycles. The molecule has 7 heteroatoms. The van der Waals surface area contributed by atoms with Gasteiger partial charge in [0.15, 0.2) is 0 Å². The van der Waals surface area contributed by atoms with E-state index in [1.165, 1.54) is 5.57 Å². The first-order valence-electron chi connectivity index (χ1n) is 12.3. The zero-order valence-electron chi connectivity index (χ0n) is 20.1. The topological polar surface area (TPSA) is 73.1 Å². The average Bonchev–Trinajstić information content (AvgIpc) is 3.65. The Morgan fingerprint density at radius 1 is 1.19 bits per heavy atom. The Bertz CT molecular complexity index is 754. The summed E-state index contributed by atoms with van der Waals surface area (Å²) in [4.78, 5) is 15.0. The van der Waals surface area contributed by atoms with Crippen LogP contribution in [-0.2, 0) is 23.7 Å². The highest BCUT2D eigenvalue weighted by Crippen LogP contribution is 2.59. The number of hydrogen-bond acceptors (Lipinski definition) is 6. The smallest absolute Gasteiger partial charge is 0.410 e. The fourth-order valence-electron chi connectivity index (χ4n) is 6.58. The van der Waals surface area contributed by atoms with Crippen LogP contribution in [0, 0.1) is 11.3 Å². The number of carbonyl (C=O) groups is 1. The van der Waals surface area contributed by atoms with E-state index in [9.17, 15) is 4.79 Å². The van der Waals surface area contributed by atoms with Gasteiger partial charge in [0.05, 0.1) is 18.6 Å². The van der Waals surface area contributed by atoms with Gasteiger partial charge in [0.1, 0.15) is 23.4 Å². The van der Waals surface area contributed by atoms with Gasteiger partial charge in [-0.1, -0.05) is 11.6 Å². The Hall–Kier alpha value is -1.15. The number of methoxy groups -OCH3 is 1. The minimum Gasteiger partial charge on any atom is -0.443 e. The number of likely N-dealkylation sites (tertiary alicyclic amines) is 1. The second kappa shape index (κ2) is 8.26. The molecule has 5 rings (SSSR count). The van der Waals surface area contributed by atoms with Crippen molar-refractivity contribution < 1.29 is 28.5 Å². The van der Waals surface area contributed by atoms with E-state index in [-0.39, 0.29) is 46.9 Å². The van der Waals surface area contributed by atoms with Crippen LogP contribution >= 0.6 is 0 Å². The van der Waals surface area contributed by atoms with Crippen LogP contribution in [0.1, 0.15) is 59.3 Å². The first-order chi connectivity index (χ1) is 15.3. The fraction of sp³-hybridized carbons (Fsp3) is 0.880. The molecule has 0 radical (unpaired) electrons. The Morgan fingerprint density at radius 2 is 1.94 bits per heavy atom. The van der Waals surface area contributed by atoms with E-state index in [1.54, 1.807) is 7.11 Å². The third-order valence-electron chi connectivity index (χ3n) is 8.74. The summed E-state index contributed by atoms with van der Waals surface area (Å²) in [5.74, 6) is 0.0579. The Kier molecular flexibility index (Phi) is 5.84. The predicted molar refractivity (Wildman–Crippen MR) is 118 cm³/mol. The van der Waals surface area contributed by atoms with Crippen molar-refractivity contribution >= 4 is 6.09 Å². The van der Waals surface area contributed by atoms with Crippen LogP contribution < -0.4 is 0 Å². The predicted octanol–water partition coefficient (Wildman–Crippen LogP) is 3.70. The standard InChI is InChI=1S/C25H39NO6/c1-17(2)5-6-19-23(3,32-19)21-20(28-4)18(7-8-25(21)16-30-25)31-22(27)26-12-9-24(15-26)10-13-29-14-11-24/h5,18-21H,6-16H2,1-4H3/t18-,19-,20-,21?,23+,25+/m1/s1. The molecule has 32 heavy (non-hydrogen) atoms. The van der Waals surface area contributed by atoms with E-state index >= 15 is 0 Å². The summed E-state index contributed by atoms with van der Waals surface area (Å²) < 4.78 is 30.0. The maximum absolute atomic E-state index is 13.1. The SMILES string of the molecule is CO[C@H]1C([C@@]2(C)O[C@@H]2CC=C(C)C)[C@]2(CC[C@H]1OC(=O)N1CCC3(CCOCC3)C1)CO2. The number of epoxide rings is 2. The van der Waals surface area contributed by atoms with Crippen LogP contribution in [0.25, 0.3) is 0 Å². The van der Waals surface area contributed by atoms with Crippen molar-refractivity contribution in [1.29, 1.82) is 0 Å². The Balaban J connectivity index is 1.26. The lowest BCUT2D eigenvalue weighted by molar-refractivity contribution is -0.121. The fourth-order valence-corrected chi connectivity index (χ4v) is 6.58. The van der Waals surface area contributed by atoms with Crippen molar-refractivity contribution in [3.63, 3.8) is 0 Å². The number of allylic oxidation sites excluding steroid dienone is 1. The summed E-state index contributed by atoms with van der Waals surface area (Å²) in [5.41, 5.74) is 1.00. The third kappa shape index (κ3) is 3.99. The van der Waals surface area contributed by atoms with Crippen LogP contribution in [0.2, 0.25) is 0 Å². The summed E-state index contributed by atoms with van der Waals surface area (Å²) in [6, 6.07) is 0. The second-order valence-corrected chi connectivity index (χ2v) is 11.1. The molecule has 0 aromatic rings. The van der Waals surface area contributed by atoms with Gasteiger partial charge >= 0.3 is 6.09 Å². The molecule has 2 spiro atoms. The number of nitrogens with zero attached hydrogens (tertiary/aromatic N) is 1. The molecule has 6 atom stereocenters. The van der Waals surface area contributed by atoms with Crippen molar-refractivity contribution in [2.45, 2.75) is 88.8 Å². The van der Waals surface area contributed by atoms with Crippen molar-refractivity contribution in [1.82, 2.24) is 4.90 Å². The van der Waals surface area contributed by atoms with Crippen LogP contribution in [0.3, 0.4) is 0 Å². The molecule has 0 N–H and O–H groups in total. The number of hydrogen-bond donors (Lipinski definition) is 0. The zero-order chi connectivity index (χ0) is 22.6. The van der Waals surface area contributed by atoms with Crippen molar-refractivity contribution in [3.05, 3.63) is 11.6 Å². The van der Waals surface area contributed by atoms with E-state index in [2.05, 4.69) is 26.8 Å². The highest BCUT2D eigenvalue weighted by molar-refractivity contribution is 5.68. The molecule has 0 aromatic heterocycles. The van der Waals surface area contributed by atoms with Crippen LogP contribution in [0.15, 0.2) is 11.6 Å². The van der Waals surface area contributed by atoms with Gasteiger partial charge in [0, 0.05) is 33.4 Å². The second-order valence-electron chi connectivity index (χ2n) is 11.1. The molecule has 5 fully saturated rings. The zero-order valence-corrected chi connectivity index (χ0v) is 20.1. The maximum Gasteiger partial charge on any atom is 0.410 e. The lowest BCUT2D eigenvalue weighted by atomic mass is 9.68. The van der Waals surface area contributed by atoms with Crippen molar-refractivity contribution in [2.24, 2.45) is 11.3 Å². The minimum atomic E-state index is -0.312. The average molecular weight is 450 g/mol. The van der Waals surface area contributed by atoms with Gasteiger partial charge in [0.2, 0.25) is 0 Å². The van der Waals surface area contributed by atoms with E-state index < -0.39 is 0 Å². The van der Waals surface area contributed by atoms with Crippen LogP contribution in [0.5, 0.6) is 0 Å². The van der Waals surface area contributed by atoms with Crippen LogP contribution in [-0.4, -0.2) is 80.5 Å². The summed E-state index contributed by atoms with van der Waals surface area (Å²) in [7, 11) is 1.73. The Morgan fingerprint density at radius 3 is 2.59 bits per heavy atom. The quantitative estimate of drug-likeness (QED) is 0.471. The third-order valence-corrected chi connectivity index (χ3v) is 8.74. The number of ether oxygens (including phenoxy) is 5. The largest absolute Gasteiger partial charge is 0.443 e. The molecular weight excluding hydrogens is 410 g/mol. The normalized spacial score (nSPS) is 42.2. The Labute approximate surface area is 191 Å². The van der Waals surface area contributed by atoms with E-state index in [0.717, 1.165) is 71.4 Å². The summed E-state index contributed by atoms with van der Waals surface area (Å²) >= 11 is 0.